The van der Waals surface area contributed by atoms with Crippen LogP contribution in [-0.4, -0.2) is 42.5 Å². The Hall–Kier alpha value is -2.68. The zero-order chi connectivity index (χ0) is 28.5. The minimum absolute atomic E-state index is 0.109. The van der Waals surface area contributed by atoms with Crippen molar-refractivity contribution in [2.24, 2.45) is 0 Å². The lowest BCUT2D eigenvalue weighted by molar-refractivity contribution is 0.0608. The second-order valence-corrected chi connectivity index (χ2v) is 13.0. The Kier molecular flexibility index (Phi) is 8.59. The van der Waals surface area contributed by atoms with E-state index in [4.69, 9.17) is 4.74 Å². The molecule has 0 aliphatic carbocycles. The van der Waals surface area contributed by atoms with Gasteiger partial charge in [0, 0.05) is 24.0 Å². The Bertz CT molecular complexity index is 1480. The van der Waals surface area contributed by atoms with Crippen molar-refractivity contribution in [2.75, 3.05) is 22.7 Å². The van der Waals surface area contributed by atoms with Gasteiger partial charge in [-0.3, -0.25) is 4.90 Å². The van der Waals surface area contributed by atoms with Gasteiger partial charge in [-0.05, 0) is 91.5 Å². The Morgan fingerprint density at radius 2 is 1.92 bits per heavy atom. The van der Waals surface area contributed by atoms with E-state index in [9.17, 15) is 17.6 Å². The first-order valence-electron chi connectivity index (χ1n) is 11.9. The molecule has 0 saturated carbocycles. The fourth-order valence-corrected chi connectivity index (χ4v) is 6.41. The molecule has 14 heteroatoms. The minimum atomic E-state index is -5.16. The number of nitrogens with zero attached hydrogens (tertiary/aromatic N) is 3. The van der Waals surface area contributed by atoms with Gasteiger partial charge in [-0.25, -0.2) is 26.4 Å². The average Bonchev–Trinajstić information content (AvgIpc) is 3.31. The van der Waals surface area contributed by atoms with Crippen LogP contribution < -0.4 is 9.62 Å². The van der Waals surface area contributed by atoms with Gasteiger partial charge in [0.2, 0.25) is 0 Å². The minimum Gasteiger partial charge on any atom is -0.443 e. The van der Waals surface area contributed by atoms with Crippen molar-refractivity contribution in [3.8, 4) is 0 Å². The maximum atomic E-state index is 15.5. The Balaban J connectivity index is 1.67. The van der Waals surface area contributed by atoms with Crippen molar-refractivity contribution in [1.29, 1.82) is 0 Å². The third-order valence-electron chi connectivity index (χ3n) is 5.82. The second-order valence-electron chi connectivity index (χ2n) is 9.83. The van der Waals surface area contributed by atoms with E-state index in [1.165, 1.54) is 38.3 Å². The number of halogens is 4. The van der Waals surface area contributed by atoms with Gasteiger partial charge < -0.3 is 10.1 Å². The lowest BCUT2D eigenvalue weighted by Gasteiger charge is -2.31. The normalized spacial score (nSPS) is 14.1. The van der Waals surface area contributed by atoms with Crippen molar-refractivity contribution in [2.45, 2.75) is 50.8 Å². The highest BCUT2D eigenvalue weighted by Crippen LogP contribution is 2.36. The van der Waals surface area contributed by atoms with Gasteiger partial charge in [-0.1, -0.05) is 12.1 Å². The van der Waals surface area contributed by atoms with Gasteiger partial charge in [0.15, 0.2) is 16.5 Å². The zero-order valence-electron chi connectivity index (χ0n) is 21.3. The zero-order valence-corrected chi connectivity index (χ0v) is 24.5. The summed E-state index contributed by atoms with van der Waals surface area (Å²) < 4.78 is 81.3. The smallest absolute Gasteiger partial charge is 0.430 e. The van der Waals surface area contributed by atoms with Crippen LogP contribution in [-0.2, 0) is 27.8 Å². The van der Waals surface area contributed by atoms with Gasteiger partial charge in [0.1, 0.15) is 17.2 Å². The molecule has 2 heterocycles. The number of ether oxygens (including phenoxy) is 1. The number of carbonyl (C=O) groups excluding carboxylic acids is 1. The molecule has 1 saturated heterocycles. The first-order valence-corrected chi connectivity index (χ1v) is 14.9. The van der Waals surface area contributed by atoms with Gasteiger partial charge in [-0.2, -0.15) is 4.37 Å². The first-order chi connectivity index (χ1) is 18.3. The van der Waals surface area contributed by atoms with Crippen LogP contribution >= 0.6 is 27.5 Å². The van der Waals surface area contributed by atoms with Crippen molar-refractivity contribution in [3.05, 3.63) is 68.8 Å². The third kappa shape index (κ3) is 6.39. The summed E-state index contributed by atoms with van der Waals surface area (Å²) in [7, 11) is -5.16. The van der Waals surface area contributed by atoms with E-state index in [1.807, 2.05) is 0 Å². The largest absolute Gasteiger partial charge is 0.443 e. The maximum Gasteiger partial charge on any atom is 0.430 e. The number of amides is 1. The van der Waals surface area contributed by atoms with Crippen LogP contribution in [0.25, 0.3) is 0 Å². The number of hydrogen-bond donors (Lipinski definition) is 1. The highest BCUT2D eigenvalue weighted by molar-refractivity contribution is 9.10. The third-order valence-corrected chi connectivity index (χ3v) is 8.85. The number of aromatic nitrogens is 1. The Morgan fingerprint density at radius 3 is 2.51 bits per heavy atom. The molecule has 2 aromatic carbocycles. The average molecular weight is 648 g/mol. The topological polar surface area (TPSA) is 91.8 Å². The predicted molar refractivity (Wildman–Crippen MR) is 146 cm³/mol. The number of likely N-dealkylation sites (tertiary alicyclic amines) is 1. The predicted octanol–water partition coefficient (Wildman–Crippen LogP) is 6.27. The summed E-state index contributed by atoms with van der Waals surface area (Å²) in [5.41, 5.74) is -0.184. The van der Waals surface area contributed by atoms with Gasteiger partial charge in [0.25, 0.3) is 10.0 Å². The summed E-state index contributed by atoms with van der Waals surface area (Å²) in [6, 6.07) is 6.66. The monoisotopic (exact) mass is 646 g/mol. The van der Waals surface area contributed by atoms with E-state index < -0.39 is 48.5 Å². The van der Waals surface area contributed by atoms with Crippen LogP contribution in [0.15, 0.2) is 45.1 Å². The van der Waals surface area contributed by atoms with Gasteiger partial charge in [0.05, 0.1) is 10.2 Å². The van der Waals surface area contributed by atoms with Gasteiger partial charge >= 0.3 is 6.09 Å². The molecule has 0 spiro atoms. The van der Waals surface area contributed by atoms with Crippen LogP contribution in [0.4, 0.5) is 29.5 Å². The number of carbonyl (C=O) groups is 1. The SMILES string of the molecule is CC(C)(C)OC(=O)N(c1ccsn1)S(=O)(=O)c1c(F)cc(NCc2c(F)cccc2CN2CCC2)c(Br)c1F. The molecule has 0 bridgehead atoms. The second kappa shape index (κ2) is 11.4. The molecular formula is C25H26BrF3N4O4S2. The molecule has 1 N–H and O–H groups in total. The Morgan fingerprint density at radius 1 is 1.21 bits per heavy atom. The molecule has 0 atom stereocenters. The molecule has 1 amide bonds. The molecule has 1 aromatic heterocycles. The van der Waals surface area contributed by atoms with E-state index >= 15 is 8.78 Å². The quantitative estimate of drug-likeness (QED) is 0.288. The van der Waals surface area contributed by atoms with E-state index in [0.717, 1.165) is 42.7 Å². The molecule has 3 aromatic rings. The van der Waals surface area contributed by atoms with E-state index in [2.05, 4.69) is 30.5 Å². The molecular weight excluding hydrogens is 621 g/mol. The molecule has 1 aliphatic rings. The number of benzene rings is 2. The first kappa shape index (κ1) is 29.3. The van der Waals surface area contributed by atoms with Crippen LogP contribution in [0, 0.1) is 17.5 Å². The Labute approximate surface area is 237 Å². The molecule has 39 heavy (non-hydrogen) atoms. The molecule has 210 valence electrons. The number of hydrogen-bond acceptors (Lipinski definition) is 8. The summed E-state index contributed by atoms with van der Waals surface area (Å²) >= 11 is 3.83. The molecule has 1 aliphatic heterocycles. The number of sulfonamides is 1. The van der Waals surface area contributed by atoms with Crippen LogP contribution in [0.5, 0.6) is 0 Å². The summed E-state index contributed by atoms with van der Waals surface area (Å²) in [5, 5.41) is 4.19. The van der Waals surface area contributed by atoms with Crippen molar-refractivity contribution in [1.82, 2.24) is 9.27 Å². The van der Waals surface area contributed by atoms with E-state index in [1.54, 1.807) is 12.1 Å². The fourth-order valence-electron chi connectivity index (χ4n) is 3.88. The van der Waals surface area contributed by atoms with Gasteiger partial charge in [-0.15, -0.1) is 4.31 Å². The highest BCUT2D eigenvalue weighted by atomic mass is 79.9. The van der Waals surface area contributed by atoms with Crippen LogP contribution in [0.2, 0.25) is 0 Å². The summed E-state index contributed by atoms with van der Waals surface area (Å²) in [4.78, 5) is 13.6. The summed E-state index contributed by atoms with van der Waals surface area (Å²) in [6.45, 7) is 6.78. The lowest BCUT2D eigenvalue weighted by atomic mass is 10.0. The highest BCUT2D eigenvalue weighted by Gasteiger charge is 2.40. The van der Waals surface area contributed by atoms with E-state index in [-0.39, 0.29) is 22.4 Å². The molecule has 4 rings (SSSR count). The van der Waals surface area contributed by atoms with E-state index in [0.29, 0.717) is 12.1 Å². The number of nitrogens with one attached hydrogen (secondary N) is 1. The molecule has 0 radical (unpaired) electrons. The molecule has 0 unspecified atom stereocenters. The molecule has 8 nitrogen and oxygen atoms in total. The summed E-state index contributed by atoms with van der Waals surface area (Å²) in [5.74, 6) is -3.79. The van der Waals surface area contributed by atoms with Crippen LogP contribution in [0.1, 0.15) is 38.3 Å². The standard InChI is InChI=1S/C25H26BrF3N4O4S2/c1-25(2,3)37-24(34)33(20-8-11-38-31-20)39(35,36)23-18(28)12-19(21(26)22(23)29)30-13-16-15(6-4-7-17(16)27)14-32-9-5-10-32/h4,6-8,11-12,30H,5,9-10,13-14H2,1-3H3. The van der Waals surface area contributed by atoms with Crippen molar-refractivity contribution in [3.63, 3.8) is 0 Å². The van der Waals surface area contributed by atoms with Crippen LogP contribution in [0.3, 0.4) is 0 Å². The summed E-state index contributed by atoms with van der Waals surface area (Å²) in [6.07, 6.45) is -0.308. The fraction of sp³-hybridized carbons (Fsp3) is 0.360. The van der Waals surface area contributed by atoms with Crippen molar-refractivity contribution < 1.29 is 31.1 Å². The number of rotatable bonds is 8. The molecule has 1 fully saturated rings. The lowest BCUT2D eigenvalue weighted by Crippen LogP contribution is -2.41. The number of anilines is 2. The van der Waals surface area contributed by atoms with Crippen molar-refractivity contribution >= 4 is 55.1 Å². The maximum absolute atomic E-state index is 15.5.